The van der Waals surface area contributed by atoms with Gasteiger partial charge in [0.25, 0.3) is 0 Å². The molecule has 12 heteroatoms. The van der Waals surface area contributed by atoms with E-state index in [-0.39, 0.29) is 43.4 Å². The molecule has 0 aliphatic carbocycles. The summed E-state index contributed by atoms with van der Waals surface area (Å²) in [7, 11) is 1.43. The summed E-state index contributed by atoms with van der Waals surface area (Å²) in [4.78, 5) is 55.0. The molecule has 12 nitrogen and oxygen atoms in total. The number of methoxy groups -OCH3 is 1. The van der Waals surface area contributed by atoms with Gasteiger partial charge in [0, 0.05) is 25.6 Å². The van der Waals surface area contributed by atoms with Gasteiger partial charge in [0.2, 0.25) is 17.7 Å². The predicted molar refractivity (Wildman–Crippen MR) is 157 cm³/mol. The van der Waals surface area contributed by atoms with Crippen LogP contribution in [-0.2, 0) is 41.5 Å². The van der Waals surface area contributed by atoms with Gasteiger partial charge in [-0.1, -0.05) is 36.4 Å². The van der Waals surface area contributed by atoms with Gasteiger partial charge in [-0.3, -0.25) is 24.1 Å². The summed E-state index contributed by atoms with van der Waals surface area (Å²) in [6, 6.07) is 10.8. The highest BCUT2D eigenvalue weighted by molar-refractivity contribution is 5.98. The van der Waals surface area contributed by atoms with Crippen LogP contribution in [0.25, 0.3) is 0 Å². The Morgan fingerprint density at radius 1 is 0.977 bits per heavy atom. The number of phenols is 1. The van der Waals surface area contributed by atoms with Crippen LogP contribution in [0.4, 0.5) is 0 Å². The van der Waals surface area contributed by atoms with Crippen molar-refractivity contribution in [3.05, 3.63) is 59.7 Å². The lowest BCUT2D eigenvalue weighted by molar-refractivity contribution is -0.134. The molecule has 2 aliphatic rings. The minimum Gasteiger partial charge on any atom is -0.508 e. The maximum Gasteiger partial charge on any atom is 0.243 e. The first kappa shape index (κ1) is 31.9. The molecule has 232 valence electrons. The first-order chi connectivity index (χ1) is 20.6. The van der Waals surface area contributed by atoms with E-state index in [1.807, 2.05) is 35.2 Å². The average Bonchev–Trinajstić information content (AvgIpc) is 3.75. The Morgan fingerprint density at radius 3 is 2.30 bits per heavy atom. The van der Waals surface area contributed by atoms with Crippen molar-refractivity contribution >= 4 is 23.5 Å². The van der Waals surface area contributed by atoms with Gasteiger partial charge in [0.15, 0.2) is 5.78 Å². The van der Waals surface area contributed by atoms with E-state index in [4.69, 9.17) is 14.2 Å². The van der Waals surface area contributed by atoms with Gasteiger partial charge in [-0.15, -0.1) is 0 Å². The number of carbonyl (C=O) groups excluding carboxylic acids is 4. The summed E-state index contributed by atoms with van der Waals surface area (Å²) in [6.07, 6.45) is 0.233. The molecule has 4 rings (SSSR count). The highest BCUT2D eigenvalue weighted by atomic mass is 16.6. The third-order valence-electron chi connectivity index (χ3n) is 7.58. The smallest absolute Gasteiger partial charge is 0.243 e. The quantitative estimate of drug-likeness (QED) is 0.226. The van der Waals surface area contributed by atoms with Crippen LogP contribution in [0.3, 0.4) is 0 Å². The molecule has 2 heterocycles. The van der Waals surface area contributed by atoms with E-state index in [1.54, 1.807) is 13.0 Å². The molecule has 4 N–H and O–H groups in total. The lowest BCUT2D eigenvalue weighted by atomic mass is 9.94. The largest absolute Gasteiger partial charge is 0.508 e. The van der Waals surface area contributed by atoms with Crippen LogP contribution in [0.1, 0.15) is 25.0 Å². The third-order valence-corrected chi connectivity index (χ3v) is 7.58. The van der Waals surface area contributed by atoms with Gasteiger partial charge in [-0.2, -0.15) is 0 Å². The van der Waals surface area contributed by atoms with Crippen molar-refractivity contribution in [3.63, 3.8) is 0 Å². The predicted octanol–water partition coefficient (Wildman–Crippen LogP) is 0.351. The Morgan fingerprint density at radius 2 is 1.65 bits per heavy atom. The van der Waals surface area contributed by atoms with Crippen molar-refractivity contribution in [2.24, 2.45) is 0 Å². The summed E-state index contributed by atoms with van der Waals surface area (Å²) < 4.78 is 16.1. The van der Waals surface area contributed by atoms with Crippen molar-refractivity contribution in [2.75, 3.05) is 46.6 Å². The van der Waals surface area contributed by atoms with Gasteiger partial charge in [0.05, 0.1) is 39.5 Å². The summed E-state index contributed by atoms with van der Waals surface area (Å²) >= 11 is 0. The Balaban J connectivity index is 1.50. The minimum absolute atomic E-state index is 0.00448. The van der Waals surface area contributed by atoms with Gasteiger partial charge < -0.3 is 35.3 Å². The van der Waals surface area contributed by atoms with Crippen LogP contribution in [0.5, 0.6) is 11.5 Å². The second-order valence-electron chi connectivity index (χ2n) is 11.1. The van der Waals surface area contributed by atoms with Crippen LogP contribution in [0.2, 0.25) is 0 Å². The molecule has 3 amide bonds. The van der Waals surface area contributed by atoms with Crippen molar-refractivity contribution in [2.45, 2.75) is 50.4 Å². The number of Topliss-reactive ketones (excluding diaryl/α,β-unsaturated/α-hetero) is 1. The zero-order chi connectivity index (χ0) is 31.0. The maximum atomic E-state index is 13.8. The number of rotatable bonds is 14. The molecule has 0 bridgehead atoms. The van der Waals surface area contributed by atoms with E-state index in [9.17, 15) is 24.3 Å². The van der Waals surface area contributed by atoms with E-state index < -0.39 is 35.5 Å². The van der Waals surface area contributed by atoms with E-state index in [0.717, 1.165) is 5.56 Å². The normalized spacial score (nSPS) is 20.3. The van der Waals surface area contributed by atoms with Crippen molar-refractivity contribution in [3.8, 4) is 11.5 Å². The number of hydrogen-bond acceptors (Lipinski definition) is 9. The first-order valence-corrected chi connectivity index (χ1v) is 14.4. The van der Waals surface area contributed by atoms with Crippen LogP contribution in [0.15, 0.2) is 48.5 Å². The standard InChI is InChI=1S/C31H40N4O8/c1-20(32-27(37)18-35-11-13-42-14-12-35)29(39)34-25(16-22-9-10-23(36)17-26(22)41-3)30(40)33-24(28(38)31(2)19-43-31)15-21-7-5-4-6-8-21/h4-10,17,20,24-25,36H,11-16,18-19H2,1-3H3,(H,32,37)(H,33,40)(H,34,39)/t20-,24-,25-,31+/m0/s1. The van der Waals surface area contributed by atoms with E-state index >= 15 is 0 Å². The number of aromatic hydroxyl groups is 1. The number of ether oxygens (including phenoxy) is 3. The van der Waals surface area contributed by atoms with E-state index in [2.05, 4.69) is 16.0 Å². The van der Waals surface area contributed by atoms with Crippen LogP contribution in [-0.4, -0.2) is 104 Å². The van der Waals surface area contributed by atoms with Crippen molar-refractivity contribution < 1.29 is 38.5 Å². The number of carbonyl (C=O) groups is 4. The van der Waals surface area contributed by atoms with Crippen LogP contribution >= 0.6 is 0 Å². The van der Waals surface area contributed by atoms with Crippen LogP contribution in [0, 0.1) is 0 Å². The minimum atomic E-state index is -1.14. The molecule has 2 saturated heterocycles. The molecular formula is C31H40N4O8. The molecule has 0 unspecified atom stereocenters. The topological polar surface area (TPSA) is 159 Å². The fraction of sp³-hybridized carbons (Fsp3) is 0.484. The van der Waals surface area contributed by atoms with Crippen molar-refractivity contribution in [1.29, 1.82) is 0 Å². The SMILES string of the molecule is COc1cc(O)ccc1C[C@H](NC(=O)[C@H](C)NC(=O)CN1CCOCC1)C(=O)N[C@@H](Cc1ccccc1)C(=O)[C@@]1(C)CO1. The maximum absolute atomic E-state index is 13.8. The molecule has 0 saturated carbocycles. The first-order valence-electron chi connectivity index (χ1n) is 14.4. The number of hydrogen-bond donors (Lipinski definition) is 4. The molecule has 43 heavy (non-hydrogen) atoms. The second kappa shape index (κ2) is 14.5. The van der Waals surface area contributed by atoms with E-state index in [1.165, 1.54) is 26.2 Å². The molecule has 2 fully saturated rings. The molecular weight excluding hydrogens is 556 g/mol. The number of nitrogens with one attached hydrogen (secondary N) is 3. The summed E-state index contributed by atoms with van der Waals surface area (Å²) in [6.45, 7) is 5.94. The molecule has 0 aromatic heterocycles. The number of benzene rings is 2. The van der Waals surface area contributed by atoms with Gasteiger partial charge in [-0.05, 0) is 37.5 Å². The number of epoxide rings is 1. The Kier molecular flexibility index (Phi) is 10.7. The van der Waals surface area contributed by atoms with Crippen LogP contribution < -0.4 is 20.7 Å². The molecule has 2 aromatic rings. The Hall–Kier alpha value is -4.00. The average molecular weight is 597 g/mol. The number of amides is 3. The van der Waals surface area contributed by atoms with Gasteiger partial charge >= 0.3 is 0 Å². The van der Waals surface area contributed by atoms with Gasteiger partial charge in [-0.25, -0.2) is 0 Å². The zero-order valence-electron chi connectivity index (χ0n) is 24.8. The molecule has 2 aromatic carbocycles. The van der Waals surface area contributed by atoms with E-state index in [0.29, 0.717) is 37.6 Å². The van der Waals surface area contributed by atoms with Gasteiger partial charge in [0.1, 0.15) is 29.2 Å². The lowest BCUT2D eigenvalue weighted by Crippen LogP contribution is -2.57. The fourth-order valence-electron chi connectivity index (χ4n) is 4.89. The molecule has 0 radical (unpaired) electrons. The zero-order valence-corrected chi connectivity index (χ0v) is 24.8. The summed E-state index contributed by atoms with van der Waals surface area (Å²) in [5.74, 6) is -1.44. The fourth-order valence-corrected chi connectivity index (χ4v) is 4.89. The lowest BCUT2D eigenvalue weighted by Gasteiger charge is -2.27. The highest BCUT2D eigenvalue weighted by Gasteiger charge is 2.50. The molecule has 4 atom stereocenters. The Labute approximate surface area is 251 Å². The number of phenolic OH excluding ortho intramolecular Hbond substituents is 1. The molecule has 0 spiro atoms. The Bertz CT molecular complexity index is 1290. The molecule has 2 aliphatic heterocycles. The monoisotopic (exact) mass is 596 g/mol. The summed E-state index contributed by atoms with van der Waals surface area (Å²) in [5, 5.41) is 18.2. The number of ketones is 1. The highest BCUT2D eigenvalue weighted by Crippen LogP contribution is 2.29. The summed E-state index contributed by atoms with van der Waals surface area (Å²) in [5.41, 5.74) is 0.418. The second-order valence-corrected chi connectivity index (χ2v) is 11.1. The number of nitrogens with zero attached hydrogens (tertiary/aromatic N) is 1. The number of morpholine rings is 1. The van der Waals surface area contributed by atoms with Crippen molar-refractivity contribution in [1.82, 2.24) is 20.9 Å². The third kappa shape index (κ3) is 8.99.